The molecule has 1 saturated heterocycles. The molecule has 10 nitrogen and oxygen atoms in total. The van der Waals surface area contributed by atoms with Crippen LogP contribution in [0.2, 0.25) is 0 Å². The van der Waals surface area contributed by atoms with Crippen molar-refractivity contribution in [1.29, 1.82) is 0 Å². The van der Waals surface area contributed by atoms with Crippen molar-refractivity contribution in [2.24, 2.45) is 0 Å². The van der Waals surface area contributed by atoms with Crippen LogP contribution in [0.3, 0.4) is 0 Å². The van der Waals surface area contributed by atoms with E-state index >= 15 is 0 Å². The lowest BCUT2D eigenvalue weighted by atomic mass is 9.85. The van der Waals surface area contributed by atoms with E-state index < -0.39 is 35.5 Å². The van der Waals surface area contributed by atoms with Gasteiger partial charge in [0.25, 0.3) is 0 Å². The van der Waals surface area contributed by atoms with Crippen LogP contribution in [-0.4, -0.2) is 65.7 Å². The predicted molar refractivity (Wildman–Crippen MR) is 145 cm³/mol. The molecule has 0 aromatic heterocycles. The van der Waals surface area contributed by atoms with Gasteiger partial charge in [-0.2, -0.15) is 0 Å². The van der Waals surface area contributed by atoms with Gasteiger partial charge in [0, 0.05) is 13.1 Å². The maximum atomic E-state index is 14.0. The normalized spacial score (nSPS) is 19.1. The van der Waals surface area contributed by atoms with Crippen LogP contribution in [0, 0.1) is 0 Å². The number of nitrogens with zero attached hydrogens (tertiary/aromatic N) is 2. The maximum Gasteiger partial charge on any atom is 0.429 e. The summed E-state index contributed by atoms with van der Waals surface area (Å²) in [4.78, 5) is 60.2. The van der Waals surface area contributed by atoms with E-state index in [4.69, 9.17) is 14.3 Å². The minimum atomic E-state index is -1.88. The summed E-state index contributed by atoms with van der Waals surface area (Å²) in [7, 11) is 1.19. The second kappa shape index (κ2) is 13.9. The van der Waals surface area contributed by atoms with E-state index in [2.05, 4.69) is 18.5 Å². The third-order valence-corrected chi connectivity index (χ3v) is 7.18. The molecule has 0 saturated carbocycles. The zero-order chi connectivity index (χ0) is 28.4. The van der Waals surface area contributed by atoms with E-state index in [1.165, 1.54) is 12.0 Å². The highest BCUT2D eigenvalue weighted by atomic mass is 16.7. The molecule has 2 amide bonds. The van der Waals surface area contributed by atoms with Gasteiger partial charge in [-0.25, -0.2) is 14.4 Å². The third kappa shape index (κ3) is 6.68. The molecular weight excluding hydrogens is 502 g/mol. The third-order valence-electron chi connectivity index (χ3n) is 7.18. The fourth-order valence-corrected chi connectivity index (χ4v) is 5.10. The van der Waals surface area contributed by atoms with Gasteiger partial charge in [-0.05, 0) is 48.8 Å². The van der Waals surface area contributed by atoms with Crippen LogP contribution in [0.1, 0.15) is 68.6 Å². The van der Waals surface area contributed by atoms with E-state index in [0.29, 0.717) is 45.2 Å². The molecule has 1 N–H and O–H groups in total. The zero-order valence-corrected chi connectivity index (χ0v) is 22.9. The summed E-state index contributed by atoms with van der Waals surface area (Å²) in [5.41, 5.74) is 1.02. The number of esters is 1. The highest BCUT2D eigenvalue weighted by molar-refractivity contribution is 6.11. The van der Waals surface area contributed by atoms with Gasteiger partial charge in [-0.15, -0.1) is 11.6 Å². The molecule has 0 aliphatic carbocycles. The Kier molecular flexibility index (Phi) is 10.7. The first-order valence-electron chi connectivity index (χ1n) is 13.5. The van der Waals surface area contributed by atoms with Crippen LogP contribution < -0.4 is 5.32 Å². The fraction of sp³-hybridized carbons (Fsp3) is 0.517. The van der Waals surface area contributed by atoms with Crippen LogP contribution in [-0.2, 0) is 37.0 Å². The number of nitrogens with one attached hydrogen (secondary N) is 1. The van der Waals surface area contributed by atoms with Gasteiger partial charge in [0.05, 0.1) is 26.3 Å². The molecule has 3 rings (SSSR count). The second-order valence-electron chi connectivity index (χ2n) is 9.73. The molecule has 0 spiro atoms. The minimum Gasteiger partial charge on any atom is -0.467 e. The first kappa shape index (κ1) is 29.9. The molecular formula is C29H39N3O7. The SMILES string of the molecule is C=CCCCOC(=O)N[C@@H](CCCC)C(=O)[C@@]1(C(=O)OC)CCCN1OC(=O)N1Cc2cccc(C=C)c2C1. The fourth-order valence-electron chi connectivity index (χ4n) is 5.10. The summed E-state index contributed by atoms with van der Waals surface area (Å²) in [6, 6.07) is 4.74. The number of hydroxylamine groups is 2. The van der Waals surface area contributed by atoms with Gasteiger partial charge in [0.2, 0.25) is 5.54 Å². The van der Waals surface area contributed by atoms with E-state index in [9.17, 15) is 19.2 Å². The molecule has 2 aliphatic rings. The number of rotatable bonds is 13. The number of unbranched alkanes of at least 4 members (excludes halogenated alkanes) is 2. The number of hydrogen-bond acceptors (Lipinski definition) is 8. The van der Waals surface area contributed by atoms with Crippen molar-refractivity contribution in [2.45, 2.75) is 76.5 Å². The van der Waals surface area contributed by atoms with Crippen molar-refractivity contribution >= 4 is 30.0 Å². The molecule has 212 valence electrons. The number of methoxy groups -OCH3 is 1. The van der Waals surface area contributed by atoms with Crippen molar-refractivity contribution in [3.8, 4) is 0 Å². The van der Waals surface area contributed by atoms with Crippen LogP contribution in [0.4, 0.5) is 9.59 Å². The highest BCUT2D eigenvalue weighted by Gasteiger charge is 2.59. The number of fused-ring (bicyclic) bond motifs is 1. The lowest BCUT2D eigenvalue weighted by Crippen LogP contribution is -2.63. The second-order valence-corrected chi connectivity index (χ2v) is 9.73. The molecule has 1 aromatic carbocycles. The molecule has 1 fully saturated rings. The molecule has 2 heterocycles. The predicted octanol–water partition coefficient (Wildman–Crippen LogP) is 4.52. The van der Waals surface area contributed by atoms with E-state index in [-0.39, 0.29) is 19.6 Å². The van der Waals surface area contributed by atoms with E-state index in [1.807, 2.05) is 25.1 Å². The number of carbonyl (C=O) groups is 4. The van der Waals surface area contributed by atoms with E-state index in [0.717, 1.165) is 28.2 Å². The minimum absolute atomic E-state index is 0.0886. The Bertz CT molecular complexity index is 1090. The van der Waals surface area contributed by atoms with Gasteiger partial charge in [-0.3, -0.25) is 9.69 Å². The monoisotopic (exact) mass is 541 g/mol. The molecule has 1 aromatic rings. The molecule has 2 atom stereocenters. The number of amides is 2. The molecule has 0 unspecified atom stereocenters. The number of ketones is 1. The lowest BCUT2D eigenvalue weighted by molar-refractivity contribution is -0.194. The van der Waals surface area contributed by atoms with Gasteiger partial charge >= 0.3 is 18.2 Å². The Hall–Kier alpha value is -3.66. The quantitative estimate of drug-likeness (QED) is 0.168. The van der Waals surface area contributed by atoms with Crippen molar-refractivity contribution in [2.75, 3.05) is 20.3 Å². The van der Waals surface area contributed by atoms with Crippen molar-refractivity contribution in [3.63, 3.8) is 0 Å². The Morgan fingerprint density at radius 2 is 1.97 bits per heavy atom. The van der Waals surface area contributed by atoms with Crippen LogP contribution in [0.25, 0.3) is 6.08 Å². The van der Waals surface area contributed by atoms with Crippen LogP contribution >= 0.6 is 0 Å². The Morgan fingerprint density at radius 3 is 2.67 bits per heavy atom. The molecule has 2 aliphatic heterocycles. The number of benzene rings is 1. The topological polar surface area (TPSA) is 114 Å². The van der Waals surface area contributed by atoms with Crippen molar-refractivity contribution in [1.82, 2.24) is 15.3 Å². The summed E-state index contributed by atoms with van der Waals surface area (Å²) in [5, 5.41) is 3.77. The van der Waals surface area contributed by atoms with Gasteiger partial charge in [0.15, 0.2) is 5.78 Å². The molecule has 39 heavy (non-hydrogen) atoms. The zero-order valence-electron chi connectivity index (χ0n) is 22.9. The van der Waals surface area contributed by atoms with Gasteiger partial charge in [0.1, 0.15) is 0 Å². The number of Topliss-reactive ketones (excluding diaryl/α,β-unsaturated/α-hetero) is 1. The summed E-state index contributed by atoms with van der Waals surface area (Å²) in [6.45, 7) is 10.4. The Morgan fingerprint density at radius 1 is 1.18 bits per heavy atom. The average Bonchev–Trinajstić information content (AvgIpc) is 3.57. The van der Waals surface area contributed by atoms with Crippen LogP contribution in [0.5, 0.6) is 0 Å². The maximum absolute atomic E-state index is 14.0. The summed E-state index contributed by atoms with van der Waals surface area (Å²) in [5.74, 6) is -1.42. The average molecular weight is 542 g/mol. The van der Waals surface area contributed by atoms with E-state index in [1.54, 1.807) is 12.2 Å². The molecule has 0 radical (unpaired) electrons. The summed E-state index contributed by atoms with van der Waals surface area (Å²) < 4.78 is 10.3. The Labute approximate surface area is 229 Å². The van der Waals surface area contributed by atoms with Gasteiger partial charge in [-0.1, -0.05) is 56.7 Å². The largest absolute Gasteiger partial charge is 0.467 e. The number of carbonyl (C=O) groups excluding carboxylic acids is 4. The molecule has 10 heteroatoms. The number of allylic oxidation sites excluding steroid dienone is 1. The van der Waals surface area contributed by atoms with Gasteiger partial charge < -0.3 is 19.6 Å². The standard InChI is InChI=1S/C29H39N3O7/c1-5-8-10-18-38-27(35)30-24(15-9-6-2)25(33)29(26(34)37-4)16-12-17-32(29)39-28(36)31-19-22-14-11-13-21(7-3)23(22)20-31/h5,7,11,13-14,24H,1,3,6,8-10,12,15-20H2,2,4H3,(H,30,35)/t24-,29+/m0/s1. The van der Waals surface area contributed by atoms with Crippen molar-refractivity contribution < 1.29 is 33.5 Å². The summed E-state index contributed by atoms with van der Waals surface area (Å²) in [6.07, 6.45) is 5.53. The van der Waals surface area contributed by atoms with Crippen molar-refractivity contribution in [3.05, 3.63) is 54.1 Å². The van der Waals surface area contributed by atoms with Crippen LogP contribution in [0.15, 0.2) is 37.4 Å². The first-order chi connectivity index (χ1) is 18.8. The number of hydrogen-bond donors (Lipinski definition) is 1. The number of alkyl carbamates (subject to hydrolysis) is 1. The Balaban J connectivity index is 1.79. The first-order valence-corrected chi connectivity index (χ1v) is 13.5. The number of ether oxygens (including phenoxy) is 2. The lowest BCUT2D eigenvalue weighted by Gasteiger charge is -2.35. The highest BCUT2D eigenvalue weighted by Crippen LogP contribution is 2.35. The summed E-state index contributed by atoms with van der Waals surface area (Å²) >= 11 is 0. The smallest absolute Gasteiger partial charge is 0.429 e. The molecule has 0 bridgehead atoms.